The molecule has 24 heavy (non-hydrogen) atoms. The third-order valence-corrected chi connectivity index (χ3v) is 4.90. The predicted molar refractivity (Wildman–Crippen MR) is 91.9 cm³/mol. The van der Waals surface area contributed by atoms with Gasteiger partial charge in [0, 0.05) is 13.1 Å². The molecule has 1 N–H and O–H groups in total. The average Bonchev–Trinajstić information content (AvgIpc) is 3.11. The monoisotopic (exact) mass is 323 g/mol. The lowest BCUT2D eigenvalue weighted by Gasteiger charge is -2.39. The van der Waals surface area contributed by atoms with E-state index in [2.05, 4.69) is 33.2 Å². The van der Waals surface area contributed by atoms with E-state index in [1.165, 1.54) is 0 Å². The summed E-state index contributed by atoms with van der Waals surface area (Å²) in [6, 6.07) is 12.1. The molecule has 124 valence electrons. The number of fused-ring (bicyclic) bond motifs is 1. The van der Waals surface area contributed by atoms with Crippen LogP contribution in [0.5, 0.6) is 0 Å². The first-order valence-electron chi connectivity index (χ1n) is 8.42. The summed E-state index contributed by atoms with van der Waals surface area (Å²) in [6.45, 7) is 3.65. The second-order valence-electron chi connectivity index (χ2n) is 6.36. The summed E-state index contributed by atoms with van der Waals surface area (Å²) < 4.78 is 1.74. The largest absolute Gasteiger partial charge is 0.385 e. The summed E-state index contributed by atoms with van der Waals surface area (Å²) in [5, 5.41) is 23.7. The van der Waals surface area contributed by atoms with E-state index in [0.717, 1.165) is 42.1 Å². The molecule has 0 aliphatic carbocycles. The molecule has 0 saturated carbocycles. The molecule has 1 saturated heterocycles. The molecule has 0 atom stereocenters. The van der Waals surface area contributed by atoms with Crippen LogP contribution in [0.4, 0.5) is 5.69 Å². The minimum absolute atomic E-state index is 0.696. The van der Waals surface area contributed by atoms with Gasteiger partial charge in [0.1, 0.15) is 6.33 Å². The highest BCUT2D eigenvalue weighted by Crippen LogP contribution is 2.35. The maximum Gasteiger partial charge on any atom is 0.200 e. The molecule has 0 spiro atoms. The van der Waals surface area contributed by atoms with E-state index < -0.39 is 5.60 Å². The highest BCUT2D eigenvalue weighted by molar-refractivity contribution is 5.68. The van der Waals surface area contributed by atoms with Gasteiger partial charge in [-0.1, -0.05) is 37.3 Å². The van der Waals surface area contributed by atoms with Crippen LogP contribution >= 0.6 is 0 Å². The Morgan fingerprint density at radius 1 is 1.17 bits per heavy atom. The van der Waals surface area contributed by atoms with Gasteiger partial charge in [-0.05, 0) is 30.9 Å². The molecule has 3 heterocycles. The summed E-state index contributed by atoms with van der Waals surface area (Å²) in [5.74, 6) is 0. The second kappa shape index (κ2) is 5.87. The average molecular weight is 323 g/mol. The zero-order valence-corrected chi connectivity index (χ0v) is 13.8. The zero-order valence-electron chi connectivity index (χ0n) is 13.8. The molecular weight excluding hydrogens is 302 g/mol. The number of hydrogen-bond donors (Lipinski definition) is 1. The van der Waals surface area contributed by atoms with Gasteiger partial charge in [0.05, 0.1) is 17.0 Å². The van der Waals surface area contributed by atoms with Gasteiger partial charge in [0.25, 0.3) is 0 Å². The summed E-state index contributed by atoms with van der Waals surface area (Å²) in [7, 11) is 0. The topological polar surface area (TPSA) is 66.5 Å². The fourth-order valence-electron chi connectivity index (χ4n) is 3.42. The number of nitrogens with zero attached hydrogens (tertiary/aromatic N) is 5. The van der Waals surface area contributed by atoms with Crippen LogP contribution < -0.4 is 4.90 Å². The van der Waals surface area contributed by atoms with Crippen molar-refractivity contribution in [1.82, 2.24) is 19.8 Å². The minimum atomic E-state index is -0.748. The first-order chi connectivity index (χ1) is 11.7. The van der Waals surface area contributed by atoms with Crippen LogP contribution in [0.3, 0.4) is 0 Å². The maximum absolute atomic E-state index is 11.0. The molecule has 4 rings (SSSR count). The molecule has 0 amide bonds. The number of aliphatic hydroxyl groups is 1. The Morgan fingerprint density at radius 2 is 1.92 bits per heavy atom. The molecule has 1 aliphatic heterocycles. The number of anilines is 1. The third kappa shape index (κ3) is 2.53. The molecule has 0 bridgehead atoms. The Labute approximate surface area is 140 Å². The first kappa shape index (κ1) is 15.1. The summed E-state index contributed by atoms with van der Waals surface area (Å²) >= 11 is 0. The van der Waals surface area contributed by atoms with Crippen LogP contribution in [0, 0.1) is 0 Å². The van der Waals surface area contributed by atoms with E-state index in [1.54, 1.807) is 10.8 Å². The Balaban J connectivity index is 1.61. The first-order valence-corrected chi connectivity index (χ1v) is 8.42. The van der Waals surface area contributed by atoms with Crippen molar-refractivity contribution >= 4 is 11.3 Å². The third-order valence-electron chi connectivity index (χ3n) is 4.90. The van der Waals surface area contributed by atoms with Gasteiger partial charge >= 0.3 is 0 Å². The molecule has 6 heteroatoms. The second-order valence-corrected chi connectivity index (χ2v) is 6.36. The molecule has 6 nitrogen and oxygen atoms in total. The van der Waals surface area contributed by atoms with Crippen molar-refractivity contribution in [3.8, 4) is 0 Å². The zero-order chi connectivity index (χ0) is 16.6. The quantitative estimate of drug-likeness (QED) is 0.800. The minimum Gasteiger partial charge on any atom is -0.385 e. The number of hydrogen-bond acceptors (Lipinski definition) is 5. The van der Waals surface area contributed by atoms with Crippen LogP contribution in [0.2, 0.25) is 0 Å². The van der Waals surface area contributed by atoms with Crippen molar-refractivity contribution in [1.29, 1.82) is 0 Å². The molecule has 3 aromatic rings. The van der Waals surface area contributed by atoms with Crippen molar-refractivity contribution in [2.24, 2.45) is 0 Å². The molecule has 1 aliphatic rings. The van der Waals surface area contributed by atoms with Crippen molar-refractivity contribution in [3.05, 3.63) is 54.0 Å². The normalized spacial score (nSPS) is 17.3. The lowest BCUT2D eigenvalue weighted by atomic mass is 9.84. The van der Waals surface area contributed by atoms with Crippen LogP contribution in [-0.2, 0) is 12.0 Å². The molecule has 1 aromatic carbocycles. The van der Waals surface area contributed by atoms with Crippen LogP contribution in [-0.4, -0.2) is 38.0 Å². The molecule has 0 radical (unpaired) electrons. The van der Waals surface area contributed by atoms with E-state index in [4.69, 9.17) is 0 Å². The van der Waals surface area contributed by atoms with Gasteiger partial charge in [0.15, 0.2) is 0 Å². The van der Waals surface area contributed by atoms with Gasteiger partial charge in [-0.3, -0.25) is 0 Å². The van der Waals surface area contributed by atoms with Crippen molar-refractivity contribution in [2.75, 3.05) is 18.0 Å². The molecule has 0 unspecified atom stereocenters. The number of aryl methyl sites for hydroxylation is 1. The summed E-state index contributed by atoms with van der Waals surface area (Å²) in [4.78, 5) is 2.28. The van der Waals surface area contributed by atoms with Gasteiger partial charge in [0.2, 0.25) is 5.65 Å². The van der Waals surface area contributed by atoms with Crippen LogP contribution in [0.1, 0.15) is 31.0 Å². The number of rotatable bonds is 3. The van der Waals surface area contributed by atoms with E-state index >= 15 is 0 Å². The standard InChI is InChI=1S/C18H21N5O/c1-2-15-12-16(17-20-19-13-23(17)21-15)22-10-8-18(24,9-11-22)14-6-4-3-5-7-14/h3-7,12-13,24H,2,8-11H2,1H3. The summed E-state index contributed by atoms with van der Waals surface area (Å²) in [5.41, 5.74) is 3.09. The number of aromatic nitrogens is 4. The number of piperidine rings is 1. The Hall–Kier alpha value is -2.47. The maximum atomic E-state index is 11.0. The molecular formula is C18H21N5O. The summed E-state index contributed by atoms with van der Waals surface area (Å²) in [6.07, 6.45) is 3.90. The Bertz CT molecular complexity index is 837. The van der Waals surface area contributed by atoms with Crippen molar-refractivity contribution in [2.45, 2.75) is 31.8 Å². The van der Waals surface area contributed by atoms with Crippen LogP contribution in [0.25, 0.3) is 5.65 Å². The smallest absolute Gasteiger partial charge is 0.200 e. The van der Waals surface area contributed by atoms with Gasteiger partial charge in [-0.25, -0.2) is 0 Å². The van der Waals surface area contributed by atoms with Crippen molar-refractivity contribution < 1.29 is 5.11 Å². The number of benzene rings is 1. The Kier molecular flexibility index (Phi) is 3.69. The lowest BCUT2D eigenvalue weighted by molar-refractivity contribution is 0.0118. The van der Waals surface area contributed by atoms with Gasteiger partial charge < -0.3 is 10.0 Å². The van der Waals surface area contributed by atoms with Crippen molar-refractivity contribution in [3.63, 3.8) is 0 Å². The highest BCUT2D eigenvalue weighted by Gasteiger charge is 2.34. The SMILES string of the molecule is CCc1cc(N2CCC(O)(c3ccccc3)CC2)c2nncn2n1. The van der Waals surface area contributed by atoms with Gasteiger partial charge in [-0.15, -0.1) is 10.2 Å². The molecule has 2 aromatic heterocycles. The van der Waals surface area contributed by atoms with E-state index in [0.29, 0.717) is 12.8 Å². The van der Waals surface area contributed by atoms with Crippen LogP contribution in [0.15, 0.2) is 42.7 Å². The lowest BCUT2D eigenvalue weighted by Crippen LogP contribution is -2.42. The van der Waals surface area contributed by atoms with Gasteiger partial charge in [-0.2, -0.15) is 9.61 Å². The predicted octanol–water partition coefficient (Wildman–Crippen LogP) is 2.17. The molecule has 1 fully saturated rings. The highest BCUT2D eigenvalue weighted by atomic mass is 16.3. The van der Waals surface area contributed by atoms with E-state index in [1.807, 2.05) is 30.3 Å². The van der Waals surface area contributed by atoms with E-state index in [9.17, 15) is 5.11 Å². The fourth-order valence-corrected chi connectivity index (χ4v) is 3.42. The fraction of sp³-hybridized carbons (Fsp3) is 0.389. The van der Waals surface area contributed by atoms with E-state index in [-0.39, 0.29) is 0 Å². The Morgan fingerprint density at radius 3 is 2.62 bits per heavy atom.